The van der Waals surface area contributed by atoms with E-state index in [1.807, 2.05) is 0 Å². The lowest BCUT2D eigenvalue weighted by molar-refractivity contribution is 0.0398. The highest BCUT2D eigenvalue weighted by Gasteiger charge is 2.17. The molecular weight excluding hydrogens is 292 g/mol. The van der Waals surface area contributed by atoms with Gasteiger partial charge in [-0.15, -0.1) is 0 Å². The summed E-state index contributed by atoms with van der Waals surface area (Å²) in [6, 6.07) is 2.07. The van der Waals surface area contributed by atoms with Crippen LogP contribution in [-0.4, -0.2) is 91.9 Å². The Labute approximate surface area is 138 Å². The van der Waals surface area contributed by atoms with E-state index < -0.39 is 0 Å². The molecule has 2 aliphatic rings. The van der Waals surface area contributed by atoms with E-state index in [0.717, 1.165) is 83.8 Å². The summed E-state index contributed by atoms with van der Waals surface area (Å²) in [5, 5.41) is 3.42. The van der Waals surface area contributed by atoms with Gasteiger partial charge in [0.1, 0.15) is 18.0 Å². The van der Waals surface area contributed by atoms with Gasteiger partial charge >= 0.3 is 0 Å². The molecule has 3 rings (SSSR count). The number of rotatable bonds is 6. The average Bonchev–Trinajstić information content (AvgIpc) is 2.63. The monoisotopic (exact) mass is 320 g/mol. The maximum atomic E-state index is 5.37. The topological polar surface area (TPSA) is 56.8 Å². The van der Waals surface area contributed by atoms with Crippen molar-refractivity contribution in [1.82, 2.24) is 19.8 Å². The summed E-state index contributed by atoms with van der Waals surface area (Å²) in [6.45, 7) is 13.3. The first-order valence-corrected chi connectivity index (χ1v) is 8.68. The number of anilines is 2. The summed E-state index contributed by atoms with van der Waals surface area (Å²) < 4.78 is 5.37. The summed E-state index contributed by atoms with van der Waals surface area (Å²) in [5.74, 6) is 1.95. The quantitative estimate of drug-likeness (QED) is 0.812. The van der Waals surface area contributed by atoms with Crippen molar-refractivity contribution in [2.45, 2.75) is 6.92 Å². The highest BCUT2D eigenvalue weighted by molar-refractivity contribution is 5.48. The largest absolute Gasteiger partial charge is 0.379 e. The number of hydrogen-bond acceptors (Lipinski definition) is 7. The van der Waals surface area contributed by atoms with Crippen molar-refractivity contribution in [3.63, 3.8) is 0 Å². The minimum Gasteiger partial charge on any atom is -0.379 e. The van der Waals surface area contributed by atoms with Crippen molar-refractivity contribution in [2.24, 2.45) is 0 Å². The molecular formula is C16H28N6O. The Hall–Kier alpha value is -1.44. The predicted molar refractivity (Wildman–Crippen MR) is 92.1 cm³/mol. The molecule has 0 aliphatic carbocycles. The first kappa shape index (κ1) is 16.4. The molecule has 2 aliphatic heterocycles. The van der Waals surface area contributed by atoms with Crippen LogP contribution in [0.4, 0.5) is 11.6 Å². The van der Waals surface area contributed by atoms with Crippen LogP contribution in [0.5, 0.6) is 0 Å². The second kappa shape index (κ2) is 8.42. The maximum Gasteiger partial charge on any atom is 0.134 e. The molecule has 1 aromatic heterocycles. The van der Waals surface area contributed by atoms with Gasteiger partial charge in [0, 0.05) is 58.4 Å². The third-order valence-electron chi connectivity index (χ3n) is 4.63. The van der Waals surface area contributed by atoms with Gasteiger partial charge in [-0.3, -0.25) is 4.90 Å². The van der Waals surface area contributed by atoms with Crippen LogP contribution in [0.15, 0.2) is 12.4 Å². The molecule has 0 atom stereocenters. The second-order valence-electron chi connectivity index (χ2n) is 6.06. The zero-order valence-corrected chi connectivity index (χ0v) is 14.1. The van der Waals surface area contributed by atoms with Gasteiger partial charge in [-0.25, -0.2) is 9.97 Å². The van der Waals surface area contributed by atoms with Crippen LogP contribution >= 0.6 is 0 Å². The molecule has 7 nitrogen and oxygen atoms in total. The molecule has 0 bridgehead atoms. The van der Waals surface area contributed by atoms with Crippen molar-refractivity contribution in [2.75, 3.05) is 82.3 Å². The van der Waals surface area contributed by atoms with Gasteiger partial charge in [0.25, 0.3) is 0 Å². The first-order valence-electron chi connectivity index (χ1n) is 8.68. The Morgan fingerprint density at radius 1 is 1.04 bits per heavy atom. The Bertz CT molecular complexity index is 471. The fourth-order valence-corrected chi connectivity index (χ4v) is 3.08. The normalized spacial score (nSPS) is 20.7. The number of nitrogens with zero attached hydrogens (tertiary/aromatic N) is 5. The molecule has 7 heteroatoms. The predicted octanol–water partition coefficient (Wildman–Crippen LogP) is 0.363. The van der Waals surface area contributed by atoms with E-state index in [2.05, 4.69) is 43.0 Å². The Balaban J connectivity index is 1.47. The molecule has 0 amide bonds. The van der Waals surface area contributed by atoms with E-state index in [-0.39, 0.29) is 0 Å². The maximum absolute atomic E-state index is 5.37. The third kappa shape index (κ3) is 4.76. The highest BCUT2D eigenvalue weighted by atomic mass is 16.5. The number of ether oxygens (including phenoxy) is 1. The Morgan fingerprint density at radius 2 is 1.83 bits per heavy atom. The molecule has 0 aromatic carbocycles. The van der Waals surface area contributed by atoms with Gasteiger partial charge in [0.2, 0.25) is 0 Å². The molecule has 0 unspecified atom stereocenters. The molecule has 1 aromatic rings. The minimum atomic E-state index is 0.849. The zero-order chi connectivity index (χ0) is 15.9. The number of hydrogen-bond donors (Lipinski definition) is 1. The van der Waals surface area contributed by atoms with Crippen molar-refractivity contribution in [3.8, 4) is 0 Å². The Kier molecular flexibility index (Phi) is 6.01. The zero-order valence-electron chi connectivity index (χ0n) is 14.1. The van der Waals surface area contributed by atoms with E-state index >= 15 is 0 Å². The SMILES string of the molecule is CCN1CCN(c2cc(NCCN3CCOCC3)ncn2)CC1. The number of aromatic nitrogens is 2. The van der Waals surface area contributed by atoms with Crippen LogP contribution in [0.2, 0.25) is 0 Å². The van der Waals surface area contributed by atoms with Gasteiger partial charge in [0.15, 0.2) is 0 Å². The number of morpholine rings is 1. The average molecular weight is 320 g/mol. The summed E-state index contributed by atoms with van der Waals surface area (Å²) >= 11 is 0. The van der Waals surface area contributed by atoms with Crippen LogP contribution in [0.3, 0.4) is 0 Å². The lowest BCUT2D eigenvalue weighted by Gasteiger charge is -2.34. The molecule has 2 fully saturated rings. The fourth-order valence-electron chi connectivity index (χ4n) is 3.08. The summed E-state index contributed by atoms with van der Waals surface area (Å²) in [5.41, 5.74) is 0. The summed E-state index contributed by atoms with van der Waals surface area (Å²) in [6.07, 6.45) is 1.67. The van der Waals surface area contributed by atoms with Gasteiger partial charge in [-0.1, -0.05) is 6.92 Å². The van der Waals surface area contributed by atoms with E-state index in [1.165, 1.54) is 0 Å². The van der Waals surface area contributed by atoms with E-state index in [1.54, 1.807) is 6.33 Å². The third-order valence-corrected chi connectivity index (χ3v) is 4.63. The van der Waals surface area contributed by atoms with Crippen molar-refractivity contribution >= 4 is 11.6 Å². The lowest BCUT2D eigenvalue weighted by atomic mass is 10.3. The molecule has 128 valence electrons. The van der Waals surface area contributed by atoms with Gasteiger partial charge in [-0.05, 0) is 6.54 Å². The molecule has 0 radical (unpaired) electrons. The molecule has 23 heavy (non-hydrogen) atoms. The minimum absolute atomic E-state index is 0.849. The van der Waals surface area contributed by atoms with Gasteiger partial charge in [0.05, 0.1) is 13.2 Å². The fraction of sp³-hybridized carbons (Fsp3) is 0.750. The Morgan fingerprint density at radius 3 is 2.57 bits per heavy atom. The van der Waals surface area contributed by atoms with E-state index in [0.29, 0.717) is 0 Å². The molecule has 0 saturated carbocycles. The standard InChI is InChI=1S/C16H28N6O/c1-2-20-5-7-22(8-6-20)16-13-15(18-14-19-16)17-3-4-21-9-11-23-12-10-21/h13-14H,2-12H2,1H3,(H,17,18,19). The first-order chi connectivity index (χ1) is 11.3. The molecule has 3 heterocycles. The van der Waals surface area contributed by atoms with E-state index in [4.69, 9.17) is 4.74 Å². The molecule has 1 N–H and O–H groups in total. The second-order valence-corrected chi connectivity index (χ2v) is 6.06. The van der Waals surface area contributed by atoms with Crippen LogP contribution in [-0.2, 0) is 4.74 Å². The number of nitrogens with one attached hydrogen (secondary N) is 1. The van der Waals surface area contributed by atoms with Crippen LogP contribution in [0.1, 0.15) is 6.92 Å². The van der Waals surface area contributed by atoms with Gasteiger partial charge in [-0.2, -0.15) is 0 Å². The summed E-state index contributed by atoms with van der Waals surface area (Å²) in [4.78, 5) is 16.0. The lowest BCUT2D eigenvalue weighted by Crippen LogP contribution is -2.46. The van der Waals surface area contributed by atoms with E-state index in [9.17, 15) is 0 Å². The van der Waals surface area contributed by atoms with Gasteiger partial charge < -0.3 is 19.9 Å². The van der Waals surface area contributed by atoms with Crippen molar-refractivity contribution < 1.29 is 4.74 Å². The van der Waals surface area contributed by atoms with Crippen LogP contribution < -0.4 is 10.2 Å². The summed E-state index contributed by atoms with van der Waals surface area (Å²) in [7, 11) is 0. The van der Waals surface area contributed by atoms with Crippen molar-refractivity contribution in [1.29, 1.82) is 0 Å². The van der Waals surface area contributed by atoms with Crippen LogP contribution in [0, 0.1) is 0 Å². The number of piperazine rings is 1. The molecule has 2 saturated heterocycles. The smallest absolute Gasteiger partial charge is 0.134 e. The molecule has 0 spiro atoms. The highest BCUT2D eigenvalue weighted by Crippen LogP contribution is 2.16. The van der Waals surface area contributed by atoms with Crippen LogP contribution in [0.25, 0.3) is 0 Å². The number of likely N-dealkylation sites (N-methyl/N-ethyl adjacent to an activating group) is 1. The van der Waals surface area contributed by atoms with Crippen molar-refractivity contribution in [3.05, 3.63) is 12.4 Å².